The molecule has 4 heteroatoms. The van der Waals surface area contributed by atoms with Gasteiger partial charge in [-0.05, 0) is 24.6 Å². The van der Waals surface area contributed by atoms with E-state index in [2.05, 4.69) is 0 Å². The van der Waals surface area contributed by atoms with Crippen molar-refractivity contribution in [3.8, 4) is 5.75 Å². The molecule has 0 aliphatic carbocycles. The largest absolute Gasteiger partial charge is 0.486 e. The van der Waals surface area contributed by atoms with E-state index in [1.54, 1.807) is 0 Å². The van der Waals surface area contributed by atoms with Crippen LogP contribution in [-0.4, -0.2) is 6.61 Å². The Labute approximate surface area is 110 Å². The third kappa shape index (κ3) is 3.29. The van der Waals surface area contributed by atoms with E-state index in [9.17, 15) is 8.78 Å². The maximum atomic E-state index is 13.4. The lowest BCUT2D eigenvalue weighted by atomic mass is 10.1. The molecule has 0 amide bonds. The quantitative estimate of drug-likeness (QED) is 0.918. The summed E-state index contributed by atoms with van der Waals surface area (Å²) in [5.41, 5.74) is 7.91. The highest BCUT2D eigenvalue weighted by Crippen LogP contribution is 2.22. The van der Waals surface area contributed by atoms with Crippen molar-refractivity contribution in [3.63, 3.8) is 0 Å². The Morgan fingerprint density at radius 2 is 1.63 bits per heavy atom. The lowest BCUT2D eigenvalue weighted by Gasteiger charge is -2.14. The minimum Gasteiger partial charge on any atom is -0.486 e. The smallest absolute Gasteiger partial charge is 0.190 e. The molecule has 0 aliphatic heterocycles. The van der Waals surface area contributed by atoms with Gasteiger partial charge >= 0.3 is 0 Å². The van der Waals surface area contributed by atoms with Crippen molar-refractivity contribution < 1.29 is 13.5 Å². The Morgan fingerprint density at radius 1 is 1.05 bits per heavy atom. The Bertz CT molecular complexity index is 534. The molecule has 0 fully saturated rings. The van der Waals surface area contributed by atoms with Crippen LogP contribution in [0, 0.1) is 18.6 Å². The fourth-order valence-corrected chi connectivity index (χ4v) is 1.70. The van der Waals surface area contributed by atoms with Gasteiger partial charge in [0, 0.05) is 0 Å². The minimum atomic E-state index is -0.726. The third-order valence-corrected chi connectivity index (χ3v) is 2.83. The molecule has 2 nitrogen and oxygen atoms in total. The van der Waals surface area contributed by atoms with E-state index >= 15 is 0 Å². The number of nitrogens with two attached hydrogens (primary N) is 1. The highest BCUT2D eigenvalue weighted by molar-refractivity contribution is 5.27. The van der Waals surface area contributed by atoms with Gasteiger partial charge in [-0.15, -0.1) is 0 Å². The molecular weight excluding hydrogens is 248 g/mol. The molecule has 2 N–H and O–H groups in total. The summed E-state index contributed by atoms with van der Waals surface area (Å²) in [5, 5.41) is 0. The Balaban J connectivity index is 2.04. The molecule has 0 radical (unpaired) electrons. The van der Waals surface area contributed by atoms with Crippen LogP contribution in [0.5, 0.6) is 5.75 Å². The first-order chi connectivity index (χ1) is 9.08. The zero-order valence-corrected chi connectivity index (χ0v) is 10.6. The van der Waals surface area contributed by atoms with Crippen LogP contribution in [0.1, 0.15) is 17.2 Å². The SMILES string of the molecule is Cc1ccc(C(N)COc2c(F)cccc2F)cc1. The normalized spacial score (nSPS) is 12.2. The lowest BCUT2D eigenvalue weighted by molar-refractivity contribution is 0.263. The first-order valence-corrected chi connectivity index (χ1v) is 5.97. The molecule has 0 saturated heterocycles. The van der Waals surface area contributed by atoms with Gasteiger partial charge < -0.3 is 10.5 Å². The van der Waals surface area contributed by atoms with Gasteiger partial charge in [0.25, 0.3) is 0 Å². The van der Waals surface area contributed by atoms with Gasteiger partial charge in [-0.3, -0.25) is 0 Å². The van der Waals surface area contributed by atoms with Gasteiger partial charge in [0.1, 0.15) is 6.61 Å². The van der Waals surface area contributed by atoms with E-state index in [4.69, 9.17) is 10.5 Å². The number of ether oxygens (including phenoxy) is 1. The predicted octanol–water partition coefficient (Wildman–Crippen LogP) is 3.35. The van der Waals surface area contributed by atoms with E-state index in [0.29, 0.717) is 0 Å². The van der Waals surface area contributed by atoms with E-state index in [-0.39, 0.29) is 12.4 Å². The van der Waals surface area contributed by atoms with E-state index < -0.39 is 17.7 Å². The van der Waals surface area contributed by atoms with Crippen molar-refractivity contribution in [1.82, 2.24) is 0 Å². The van der Waals surface area contributed by atoms with Crippen LogP contribution >= 0.6 is 0 Å². The number of benzene rings is 2. The lowest BCUT2D eigenvalue weighted by Crippen LogP contribution is -2.19. The van der Waals surface area contributed by atoms with Gasteiger partial charge in [-0.25, -0.2) is 8.78 Å². The maximum absolute atomic E-state index is 13.4. The highest BCUT2D eigenvalue weighted by Gasteiger charge is 2.12. The summed E-state index contributed by atoms with van der Waals surface area (Å²) in [7, 11) is 0. The molecule has 1 atom stereocenters. The number of para-hydroxylation sites is 1. The maximum Gasteiger partial charge on any atom is 0.190 e. The molecule has 2 aromatic rings. The first kappa shape index (κ1) is 13.5. The molecule has 0 bridgehead atoms. The summed E-state index contributed by atoms with van der Waals surface area (Å²) in [6.07, 6.45) is 0. The zero-order valence-electron chi connectivity index (χ0n) is 10.6. The standard InChI is InChI=1S/C15H15F2NO/c1-10-5-7-11(8-6-10)14(18)9-19-15-12(16)3-2-4-13(15)17/h2-8,14H,9,18H2,1H3. The van der Waals surface area contributed by atoms with Crippen LogP contribution in [0.15, 0.2) is 42.5 Å². The number of hydrogen-bond acceptors (Lipinski definition) is 2. The summed E-state index contributed by atoms with van der Waals surface area (Å²) in [6.45, 7) is 1.99. The summed E-state index contributed by atoms with van der Waals surface area (Å²) in [4.78, 5) is 0. The molecule has 0 spiro atoms. The van der Waals surface area contributed by atoms with Crippen molar-refractivity contribution in [1.29, 1.82) is 0 Å². The number of rotatable bonds is 4. The molecule has 0 aromatic heterocycles. The van der Waals surface area contributed by atoms with E-state index in [1.165, 1.54) is 6.07 Å². The summed E-state index contributed by atoms with van der Waals surface area (Å²) >= 11 is 0. The molecular formula is C15H15F2NO. The molecule has 0 heterocycles. The predicted molar refractivity (Wildman–Crippen MR) is 70.0 cm³/mol. The van der Waals surface area contributed by atoms with Gasteiger partial charge in [0.15, 0.2) is 17.4 Å². The monoisotopic (exact) mass is 263 g/mol. The van der Waals surface area contributed by atoms with E-state index in [0.717, 1.165) is 23.3 Å². The Morgan fingerprint density at radius 3 is 2.21 bits per heavy atom. The van der Waals surface area contributed by atoms with Crippen LogP contribution in [0.4, 0.5) is 8.78 Å². The summed E-state index contributed by atoms with van der Waals surface area (Å²) in [5.74, 6) is -1.84. The molecule has 2 aromatic carbocycles. The van der Waals surface area contributed by atoms with Crippen molar-refractivity contribution in [2.75, 3.05) is 6.61 Å². The fourth-order valence-electron chi connectivity index (χ4n) is 1.70. The van der Waals surface area contributed by atoms with Crippen molar-refractivity contribution in [3.05, 3.63) is 65.2 Å². The molecule has 1 unspecified atom stereocenters. The van der Waals surface area contributed by atoms with Gasteiger partial charge in [0.05, 0.1) is 6.04 Å². The van der Waals surface area contributed by atoms with Crippen LogP contribution in [0.25, 0.3) is 0 Å². The number of hydrogen-bond donors (Lipinski definition) is 1. The second-order valence-electron chi connectivity index (χ2n) is 4.38. The Hall–Kier alpha value is -1.94. The average molecular weight is 263 g/mol. The van der Waals surface area contributed by atoms with Crippen LogP contribution in [0.3, 0.4) is 0 Å². The van der Waals surface area contributed by atoms with Crippen molar-refractivity contribution in [2.24, 2.45) is 5.73 Å². The molecule has 19 heavy (non-hydrogen) atoms. The van der Waals surface area contributed by atoms with Gasteiger partial charge in [0.2, 0.25) is 0 Å². The summed E-state index contributed by atoms with van der Waals surface area (Å²) in [6, 6.07) is 10.8. The molecule has 0 aliphatic rings. The zero-order chi connectivity index (χ0) is 13.8. The second-order valence-corrected chi connectivity index (χ2v) is 4.38. The minimum absolute atomic E-state index is 0.0148. The van der Waals surface area contributed by atoms with E-state index in [1.807, 2.05) is 31.2 Å². The fraction of sp³-hybridized carbons (Fsp3) is 0.200. The highest BCUT2D eigenvalue weighted by atomic mass is 19.1. The first-order valence-electron chi connectivity index (χ1n) is 5.97. The van der Waals surface area contributed by atoms with Crippen molar-refractivity contribution in [2.45, 2.75) is 13.0 Å². The van der Waals surface area contributed by atoms with Crippen LogP contribution < -0.4 is 10.5 Å². The van der Waals surface area contributed by atoms with Crippen molar-refractivity contribution >= 4 is 0 Å². The van der Waals surface area contributed by atoms with Gasteiger partial charge in [-0.2, -0.15) is 0 Å². The molecule has 2 rings (SSSR count). The molecule has 0 saturated carbocycles. The summed E-state index contributed by atoms with van der Waals surface area (Å²) < 4.78 is 31.8. The number of halogens is 2. The second kappa shape index (κ2) is 5.80. The molecule has 100 valence electrons. The van der Waals surface area contributed by atoms with Crippen LogP contribution in [-0.2, 0) is 0 Å². The topological polar surface area (TPSA) is 35.2 Å². The third-order valence-electron chi connectivity index (χ3n) is 2.83. The van der Waals surface area contributed by atoms with Gasteiger partial charge in [-0.1, -0.05) is 35.9 Å². The number of aryl methyl sites for hydroxylation is 1. The Kier molecular flexibility index (Phi) is 4.12. The average Bonchev–Trinajstić information content (AvgIpc) is 2.38. The van der Waals surface area contributed by atoms with Crippen LogP contribution in [0.2, 0.25) is 0 Å².